The molecule has 2 heterocycles. The van der Waals surface area contributed by atoms with Crippen LogP contribution in [0.2, 0.25) is 0 Å². The molecule has 0 atom stereocenters. The third-order valence-corrected chi connectivity index (χ3v) is 4.84. The van der Waals surface area contributed by atoms with E-state index in [9.17, 15) is 4.79 Å². The fourth-order valence-electron chi connectivity index (χ4n) is 1.82. The van der Waals surface area contributed by atoms with Crippen LogP contribution in [0.4, 0.5) is 5.13 Å². The molecule has 106 valence electrons. The minimum Gasteiger partial charge on any atom is -0.288 e. The lowest BCUT2D eigenvalue weighted by Crippen LogP contribution is -2.23. The number of carbonyl (C=O) groups excluding carboxylic acids is 1. The van der Waals surface area contributed by atoms with Crippen molar-refractivity contribution in [2.75, 3.05) is 11.9 Å². The topological polar surface area (TPSA) is 46.1 Å². The van der Waals surface area contributed by atoms with Crippen molar-refractivity contribution in [1.82, 2.24) is 9.97 Å². The van der Waals surface area contributed by atoms with Crippen molar-refractivity contribution in [2.24, 2.45) is 0 Å². The standard InChI is InChI=1S/C15H13N3OS2/c1-10-16-11(9-20-10)7-8-14(19)18(2)15-17-12-5-3-4-6-13(12)21-15/h3-9H,1-2H3. The summed E-state index contributed by atoms with van der Waals surface area (Å²) in [5.74, 6) is -0.111. The number of carbonyl (C=O) groups is 1. The smallest absolute Gasteiger partial charge is 0.252 e. The molecule has 0 N–H and O–H groups in total. The fourth-order valence-corrected chi connectivity index (χ4v) is 3.34. The molecule has 4 nitrogen and oxygen atoms in total. The van der Waals surface area contributed by atoms with Crippen LogP contribution < -0.4 is 4.90 Å². The first kappa shape index (κ1) is 13.9. The van der Waals surface area contributed by atoms with Gasteiger partial charge in [0.15, 0.2) is 5.13 Å². The maximum atomic E-state index is 12.2. The van der Waals surface area contributed by atoms with Gasteiger partial charge in [-0.15, -0.1) is 11.3 Å². The minimum atomic E-state index is -0.111. The van der Waals surface area contributed by atoms with Crippen molar-refractivity contribution in [3.8, 4) is 0 Å². The molecule has 1 aromatic carbocycles. The highest BCUT2D eigenvalue weighted by atomic mass is 32.1. The van der Waals surface area contributed by atoms with Crippen LogP contribution in [0.1, 0.15) is 10.7 Å². The molecule has 3 aromatic rings. The molecule has 0 spiro atoms. The second-order valence-electron chi connectivity index (χ2n) is 4.49. The largest absolute Gasteiger partial charge is 0.288 e. The van der Waals surface area contributed by atoms with Gasteiger partial charge in [0.05, 0.1) is 20.9 Å². The number of hydrogen-bond acceptors (Lipinski definition) is 5. The number of fused-ring (bicyclic) bond motifs is 1. The molecule has 1 amide bonds. The Morgan fingerprint density at radius 1 is 1.29 bits per heavy atom. The number of thiazole rings is 2. The van der Waals surface area contributed by atoms with E-state index in [4.69, 9.17) is 0 Å². The van der Waals surface area contributed by atoms with E-state index in [1.54, 1.807) is 29.4 Å². The average Bonchev–Trinajstić information content (AvgIpc) is 3.09. The lowest BCUT2D eigenvalue weighted by Gasteiger charge is -2.10. The molecule has 21 heavy (non-hydrogen) atoms. The number of likely N-dealkylation sites (N-methyl/N-ethyl adjacent to an activating group) is 1. The number of benzene rings is 1. The number of aryl methyl sites for hydroxylation is 1. The van der Waals surface area contributed by atoms with Crippen molar-refractivity contribution in [2.45, 2.75) is 6.92 Å². The molecule has 2 aromatic heterocycles. The maximum absolute atomic E-state index is 12.2. The first-order valence-corrected chi connectivity index (χ1v) is 8.06. The van der Waals surface area contributed by atoms with Crippen molar-refractivity contribution < 1.29 is 4.79 Å². The van der Waals surface area contributed by atoms with Crippen LogP contribution in [0, 0.1) is 6.92 Å². The number of amides is 1. The maximum Gasteiger partial charge on any atom is 0.252 e. The fraction of sp³-hybridized carbons (Fsp3) is 0.133. The van der Waals surface area contributed by atoms with Crippen molar-refractivity contribution in [3.05, 3.63) is 46.4 Å². The van der Waals surface area contributed by atoms with Gasteiger partial charge in [-0.05, 0) is 25.1 Å². The number of nitrogens with zero attached hydrogens (tertiary/aromatic N) is 3. The van der Waals surface area contributed by atoms with Crippen LogP contribution in [-0.4, -0.2) is 22.9 Å². The lowest BCUT2D eigenvalue weighted by atomic mass is 10.3. The number of aromatic nitrogens is 2. The summed E-state index contributed by atoms with van der Waals surface area (Å²) in [4.78, 5) is 22.5. The van der Waals surface area contributed by atoms with Gasteiger partial charge in [-0.1, -0.05) is 23.5 Å². The van der Waals surface area contributed by atoms with Crippen molar-refractivity contribution >= 4 is 50.0 Å². The van der Waals surface area contributed by atoms with E-state index >= 15 is 0 Å². The van der Waals surface area contributed by atoms with Crippen LogP contribution in [0.15, 0.2) is 35.7 Å². The zero-order chi connectivity index (χ0) is 14.8. The third-order valence-electron chi connectivity index (χ3n) is 2.93. The molecule has 0 aliphatic heterocycles. The average molecular weight is 315 g/mol. The second kappa shape index (κ2) is 5.75. The normalized spacial score (nSPS) is 11.3. The van der Waals surface area contributed by atoms with E-state index in [1.807, 2.05) is 36.6 Å². The highest BCUT2D eigenvalue weighted by Crippen LogP contribution is 2.27. The Bertz CT molecular complexity index is 786. The summed E-state index contributed by atoms with van der Waals surface area (Å²) >= 11 is 3.07. The summed E-state index contributed by atoms with van der Waals surface area (Å²) in [5, 5.41) is 3.61. The van der Waals surface area contributed by atoms with Gasteiger partial charge in [-0.25, -0.2) is 9.97 Å². The Morgan fingerprint density at radius 2 is 2.10 bits per heavy atom. The van der Waals surface area contributed by atoms with E-state index in [2.05, 4.69) is 9.97 Å². The minimum absolute atomic E-state index is 0.111. The third kappa shape index (κ3) is 3.01. The first-order chi connectivity index (χ1) is 10.1. The second-order valence-corrected chi connectivity index (χ2v) is 6.56. The van der Waals surface area contributed by atoms with Gasteiger partial charge >= 0.3 is 0 Å². The Balaban J connectivity index is 1.79. The van der Waals surface area contributed by atoms with E-state index in [0.29, 0.717) is 5.13 Å². The summed E-state index contributed by atoms with van der Waals surface area (Å²) in [7, 11) is 1.73. The summed E-state index contributed by atoms with van der Waals surface area (Å²) in [5.41, 5.74) is 1.72. The number of rotatable bonds is 3. The van der Waals surface area contributed by atoms with E-state index < -0.39 is 0 Å². The SMILES string of the molecule is Cc1nc(C=CC(=O)N(C)c2nc3ccccc3s2)cs1. The molecule has 0 saturated carbocycles. The molecule has 0 unspecified atom stereocenters. The summed E-state index contributed by atoms with van der Waals surface area (Å²) in [6.07, 6.45) is 3.26. The van der Waals surface area contributed by atoms with E-state index in [-0.39, 0.29) is 5.91 Å². The van der Waals surface area contributed by atoms with Crippen molar-refractivity contribution in [1.29, 1.82) is 0 Å². The van der Waals surface area contributed by atoms with E-state index in [1.165, 1.54) is 17.4 Å². The van der Waals surface area contributed by atoms with Gasteiger partial charge < -0.3 is 0 Å². The van der Waals surface area contributed by atoms with Gasteiger partial charge in [0.25, 0.3) is 5.91 Å². The molecule has 0 fully saturated rings. The molecular formula is C15H13N3OS2. The molecule has 0 radical (unpaired) electrons. The molecule has 0 saturated heterocycles. The predicted octanol–water partition coefficient (Wildman–Crippen LogP) is 3.74. The van der Waals surface area contributed by atoms with Crippen LogP contribution in [0.25, 0.3) is 16.3 Å². The molecule has 0 aliphatic rings. The number of hydrogen-bond donors (Lipinski definition) is 0. The van der Waals surface area contributed by atoms with Gasteiger partial charge in [-0.3, -0.25) is 9.69 Å². The van der Waals surface area contributed by atoms with Crippen LogP contribution in [-0.2, 0) is 4.79 Å². The zero-order valence-electron chi connectivity index (χ0n) is 11.6. The number of anilines is 1. The summed E-state index contributed by atoms with van der Waals surface area (Å²) in [6, 6.07) is 7.86. The van der Waals surface area contributed by atoms with Crippen LogP contribution in [0.3, 0.4) is 0 Å². The van der Waals surface area contributed by atoms with E-state index in [0.717, 1.165) is 20.9 Å². The Kier molecular flexibility index (Phi) is 3.81. The molecule has 0 aliphatic carbocycles. The quantitative estimate of drug-likeness (QED) is 0.692. The Morgan fingerprint density at radius 3 is 2.81 bits per heavy atom. The van der Waals surface area contributed by atoms with Gasteiger partial charge in [0, 0.05) is 18.5 Å². The van der Waals surface area contributed by atoms with Gasteiger partial charge in [-0.2, -0.15) is 0 Å². The molecule has 6 heteroatoms. The highest BCUT2D eigenvalue weighted by molar-refractivity contribution is 7.22. The molecule has 3 rings (SSSR count). The van der Waals surface area contributed by atoms with Crippen LogP contribution >= 0.6 is 22.7 Å². The Labute approximate surface area is 130 Å². The first-order valence-electron chi connectivity index (χ1n) is 6.37. The van der Waals surface area contributed by atoms with Gasteiger partial charge in [0.2, 0.25) is 0 Å². The Hall–Kier alpha value is -2.05. The summed E-state index contributed by atoms with van der Waals surface area (Å²) < 4.78 is 1.08. The molecular weight excluding hydrogens is 302 g/mol. The van der Waals surface area contributed by atoms with Gasteiger partial charge in [0.1, 0.15) is 0 Å². The summed E-state index contributed by atoms with van der Waals surface area (Å²) in [6.45, 7) is 1.94. The van der Waals surface area contributed by atoms with Crippen molar-refractivity contribution in [3.63, 3.8) is 0 Å². The molecule has 0 bridgehead atoms. The van der Waals surface area contributed by atoms with Crippen LogP contribution in [0.5, 0.6) is 0 Å². The lowest BCUT2D eigenvalue weighted by molar-refractivity contribution is -0.113. The predicted molar refractivity (Wildman–Crippen MR) is 88.9 cm³/mol. The number of para-hydroxylation sites is 1. The zero-order valence-corrected chi connectivity index (χ0v) is 13.2. The highest BCUT2D eigenvalue weighted by Gasteiger charge is 2.12. The monoisotopic (exact) mass is 315 g/mol.